The molecule has 41 heavy (non-hydrogen) atoms. The number of ether oxygens (including phenoxy) is 2. The first-order chi connectivity index (χ1) is 19.7. The molecule has 9 heteroatoms. The molecule has 1 fully saturated rings. The lowest BCUT2D eigenvalue weighted by molar-refractivity contribution is -0.117. The standard InChI is InChI=1S/C32H51N3O6/c1-4-8-24(20-36)17-26(38)14-13-23-18-29(31(39)30(19-23)41-27-10-5-6-11-27)28(15-12-22(2)37)25(21-40-3)9-7-16-35-32(33)34/h17-19,25,27-28,36,39H,4-16,20-21H2,1-3H3,(H4,33,34,35). The molecule has 0 bridgehead atoms. The molecule has 230 valence electrons. The third-order valence-electron chi connectivity index (χ3n) is 7.74. The number of hydrogen-bond donors (Lipinski definition) is 4. The smallest absolute Gasteiger partial charge is 0.185 e. The van der Waals surface area contributed by atoms with Crippen LogP contribution in [-0.4, -0.2) is 60.7 Å². The van der Waals surface area contributed by atoms with Crippen LogP contribution in [0.15, 0.2) is 28.8 Å². The number of aliphatic hydroxyl groups excluding tert-OH is 1. The van der Waals surface area contributed by atoms with Crippen LogP contribution in [0.5, 0.6) is 11.5 Å². The molecule has 6 N–H and O–H groups in total. The van der Waals surface area contributed by atoms with Crippen LogP contribution < -0.4 is 16.2 Å². The van der Waals surface area contributed by atoms with Crippen molar-refractivity contribution < 1.29 is 29.3 Å². The number of nitrogens with zero attached hydrogens (tertiary/aromatic N) is 1. The zero-order valence-electron chi connectivity index (χ0n) is 25.2. The summed E-state index contributed by atoms with van der Waals surface area (Å²) in [5.74, 6) is 0.431. The third-order valence-corrected chi connectivity index (χ3v) is 7.74. The van der Waals surface area contributed by atoms with E-state index in [1.54, 1.807) is 20.1 Å². The number of aliphatic imine (C=N–C) groups is 1. The number of Topliss-reactive ketones (excluding diaryl/α,β-unsaturated/α-hetero) is 1. The molecule has 1 aromatic carbocycles. The van der Waals surface area contributed by atoms with Gasteiger partial charge in [0, 0.05) is 38.7 Å². The molecule has 0 aromatic heterocycles. The molecule has 0 saturated heterocycles. The van der Waals surface area contributed by atoms with E-state index in [2.05, 4.69) is 4.99 Å². The molecule has 1 aliphatic carbocycles. The van der Waals surface area contributed by atoms with Gasteiger partial charge < -0.3 is 35.9 Å². The van der Waals surface area contributed by atoms with E-state index < -0.39 is 0 Å². The maximum atomic E-state index is 12.7. The summed E-state index contributed by atoms with van der Waals surface area (Å²) < 4.78 is 11.9. The highest BCUT2D eigenvalue weighted by Crippen LogP contribution is 2.44. The van der Waals surface area contributed by atoms with E-state index in [-0.39, 0.29) is 54.2 Å². The minimum atomic E-state index is -0.176. The number of ketones is 2. The van der Waals surface area contributed by atoms with Gasteiger partial charge in [-0.05, 0) is 99.8 Å². The first-order valence-corrected chi connectivity index (χ1v) is 15.1. The highest BCUT2D eigenvalue weighted by atomic mass is 16.5. The van der Waals surface area contributed by atoms with Crippen molar-refractivity contribution in [3.63, 3.8) is 0 Å². The molecule has 0 radical (unpaired) electrons. The molecule has 0 aliphatic heterocycles. The summed E-state index contributed by atoms with van der Waals surface area (Å²) >= 11 is 0. The minimum absolute atomic E-state index is 0.000231. The average Bonchev–Trinajstić information content (AvgIpc) is 3.44. The summed E-state index contributed by atoms with van der Waals surface area (Å²) in [6, 6.07) is 3.80. The Morgan fingerprint density at radius 3 is 2.49 bits per heavy atom. The summed E-state index contributed by atoms with van der Waals surface area (Å²) in [7, 11) is 1.65. The van der Waals surface area contributed by atoms with E-state index in [0.29, 0.717) is 50.1 Å². The molecule has 1 aromatic rings. The van der Waals surface area contributed by atoms with Crippen LogP contribution in [0.1, 0.15) is 102 Å². The van der Waals surface area contributed by atoms with Gasteiger partial charge in [0.05, 0.1) is 12.7 Å². The normalized spacial score (nSPS) is 15.5. The summed E-state index contributed by atoms with van der Waals surface area (Å²) in [4.78, 5) is 28.9. The van der Waals surface area contributed by atoms with Crippen molar-refractivity contribution in [3.8, 4) is 11.5 Å². The number of nitrogens with two attached hydrogens (primary N) is 2. The molecule has 2 unspecified atom stereocenters. The number of allylic oxidation sites excluding steroid dienone is 1. The molecule has 2 rings (SSSR count). The van der Waals surface area contributed by atoms with E-state index in [1.807, 2.05) is 19.1 Å². The molecule has 0 heterocycles. The second-order valence-corrected chi connectivity index (χ2v) is 11.2. The Kier molecular flexibility index (Phi) is 15.5. The van der Waals surface area contributed by atoms with Crippen LogP contribution in [0.4, 0.5) is 0 Å². The van der Waals surface area contributed by atoms with E-state index in [1.165, 1.54) is 0 Å². The molecule has 1 saturated carbocycles. The van der Waals surface area contributed by atoms with Crippen molar-refractivity contribution in [3.05, 3.63) is 34.9 Å². The van der Waals surface area contributed by atoms with Crippen LogP contribution in [0.3, 0.4) is 0 Å². The first kappa shape index (κ1) is 34.3. The van der Waals surface area contributed by atoms with Gasteiger partial charge in [-0.15, -0.1) is 0 Å². The van der Waals surface area contributed by atoms with Crippen molar-refractivity contribution in [2.75, 3.05) is 26.9 Å². The summed E-state index contributed by atoms with van der Waals surface area (Å²) in [5.41, 5.74) is 13.3. The number of phenolic OH excluding ortho intramolecular Hbond substituents is 1. The van der Waals surface area contributed by atoms with Gasteiger partial charge in [-0.3, -0.25) is 9.79 Å². The third kappa shape index (κ3) is 12.2. The molecular weight excluding hydrogens is 522 g/mol. The van der Waals surface area contributed by atoms with Gasteiger partial charge in [0.25, 0.3) is 0 Å². The number of carbonyl (C=O) groups excluding carboxylic acids is 2. The number of benzene rings is 1. The molecule has 1 aliphatic rings. The highest BCUT2D eigenvalue weighted by Gasteiger charge is 2.29. The SMILES string of the molecule is CCCC(=CC(=O)CCc1cc(OC2CCCC2)c(O)c(C(CCC(C)=O)C(CCCN=C(N)N)COC)c1)CO. The Balaban J connectivity index is 2.45. The number of carbonyl (C=O) groups is 2. The Bertz CT molecular complexity index is 1030. The van der Waals surface area contributed by atoms with Crippen LogP contribution >= 0.6 is 0 Å². The largest absolute Gasteiger partial charge is 0.504 e. The Hall–Kier alpha value is -2.91. The number of guanidine groups is 1. The number of hydrogen-bond acceptors (Lipinski definition) is 7. The van der Waals surface area contributed by atoms with Gasteiger partial charge in [0.15, 0.2) is 23.2 Å². The predicted octanol–water partition coefficient (Wildman–Crippen LogP) is 4.70. The van der Waals surface area contributed by atoms with Gasteiger partial charge >= 0.3 is 0 Å². The second kappa shape index (κ2) is 18.5. The number of phenols is 1. The Labute approximate surface area is 245 Å². The molecule has 9 nitrogen and oxygen atoms in total. The van der Waals surface area contributed by atoms with Crippen LogP contribution in [-0.2, 0) is 20.7 Å². The van der Waals surface area contributed by atoms with Gasteiger partial charge in [-0.1, -0.05) is 19.4 Å². The lowest BCUT2D eigenvalue weighted by atomic mass is 9.79. The van der Waals surface area contributed by atoms with Crippen LogP contribution in [0.25, 0.3) is 0 Å². The Morgan fingerprint density at radius 2 is 1.88 bits per heavy atom. The van der Waals surface area contributed by atoms with E-state index in [0.717, 1.165) is 56.1 Å². The zero-order valence-corrected chi connectivity index (χ0v) is 25.2. The minimum Gasteiger partial charge on any atom is -0.504 e. The first-order valence-electron chi connectivity index (χ1n) is 15.1. The molecule has 0 amide bonds. The maximum Gasteiger partial charge on any atom is 0.185 e. The number of aliphatic hydroxyl groups is 1. The lowest BCUT2D eigenvalue weighted by Crippen LogP contribution is -2.23. The van der Waals surface area contributed by atoms with Crippen molar-refractivity contribution in [1.82, 2.24) is 0 Å². The van der Waals surface area contributed by atoms with Gasteiger partial charge in [-0.25, -0.2) is 0 Å². The number of methoxy groups -OCH3 is 1. The van der Waals surface area contributed by atoms with Gasteiger partial charge in [0.1, 0.15) is 5.78 Å². The highest BCUT2D eigenvalue weighted by molar-refractivity contribution is 5.90. The fraction of sp³-hybridized carbons (Fsp3) is 0.656. The van der Waals surface area contributed by atoms with E-state index in [4.69, 9.17) is 20.9 Å². The average molecular weight is 574 g/mol. The molecule has 2 atom stereocenters. The van der Waals surface area contributed by atoms with E-state index in [9.17, 15) is 19.8 Å². The van der Waals surface area contributed by atoms with E-state index >= 15 is 0 Å². The number of aryl methyl sites for hydroxylation is 1. The van der Waals surface area contributed by atoms with Gasteiger partial charge in [-0.2, -0.15) is 0 Å². The lowest BCUT2D eigenvalue weighted by Gasteiger charge is -2.29. The van der Waals surface area contributed by atoms with Crippen LogP contribution in [0, 0.1) is 5.92 Å². The predicted molar refractivity (Wildman–Crippen MR) is 162 cm³/mol. The molecule has 0 spiro atoms. The Morgan fingerprint density at radius 1 is 1.15 bits per heavy atom. The maximum absolute atomic E-state index is 12.7. The summed E-state index contributed by atoms with van der Waals surface area (Å²) in [6.45, 7) is 4.39. The second-order valence-electron chi connectivity index (χ2n) is 11.2. The summed E-state index contributed by atoms with van der Waals surface area (Å²) in [5, 5.41) is 21.1. The van der Waals surface area contributed by atoms with Crippen molar-refractivity contribution in [1.29, 1.82) is 0 Å². The number of rotatable bonds is 20. The van der Waals surface area contributed by atoms with Gasteiger partial charge in [0.2, 0.25) is 0 Å². The number of aromatic hydroxyl groups is 1. The van der Waals surface area contributed by atoms with Crippen molar-refractivity contribution >= 4 is 17.5 Å². The quantitative estimate of drug-likeness (QED) is 0.0756. The topological polar surface area (TPSA) is 157 Å². The van der Waals surface area contributed by atoms with Crippen molar-refractivity contribution in [2.24, 2.45) is 22.4 Å². The fourth-order valence-corrected chi connectivity index (χ4v) is 5.66. The molecular formula is C32H51N3O6. The zero-order chi connectivity index (χ0) is 30.2. The van der Waals surface area contributed by atoms with Crippen LogP contribution in [0.2, 0.25) is 0 Å². The fourth-order valence-electron chi connectivity index (χ4n) is 5.66. The van der Waals surface area contributed by atoms with Crippen molar-refractivity contribution in [2.45, 2.75) is 103 Å². The summed E-state index contributed by atoms with van der Waals surface area (Å²) in [6.07, 6.45) is 10.3. The monoisotopic (exact) mass is 573 g/mol.